The van der Waals surface area contributed by atoms with Gasteiger partial charge >= 0.3 is 0 Å². The zero-order valence-electron chi connectivity index (χ0n) is 11.6. The molecule has 0 saturated carbocycles. The van der Waals surface area contributed by atoms with Crippen molar-refractivity contribution in [1.82, 2.24) is 9.88 Å². The maximum Gasteiger partial charge on any atom is 0.269 e. The molecule has 0 radical (unpaired) electrons. The van der Waals surface area contributed by atoms with Crippen molar-refractivity contribution in [2.45, 2.75) is 6.92 Å². The minimum Gasteiger partial charge on any atom is -0.367 e. The smallest absolute Gasteiger partial charge is 0.269 e. The van der Waals surface area contributed by atoms with Crippen molar-refractivity contribution in [3.63, 3.8) is 0 Å². The molecular weight excluding hydrogens is 272 g/mol. The Morgan fingerprint density at radius 2 is 2.05 bits per heavy atom. The van der Waals surface area contributed by atoms with Gasteiger partial charge in [-0.2, -0.15) is 5.26 Å². The van der Waals surface area contributed by atoms with Crippen LogP contribution in [-0.4, -0.2) is 43.1 Å². The topological polar surface area (TPSA) is 63.1 Å². The molecule has 1 fully saturated rings. The fraction of sp³-hybridized carbons (Fsp3) is 0.429. The van der Waals surface area contributed by atoms with Crippen LogP contribution in [0.5, 0.6) is 0 Å². The largest absolute Gasteiger partial charge is 0.367 e. The maximum atomic E-state index is 12.1. The molecule has 0 aliphatic carbocycles. The van der Waals surface area contributed by atoms with Crippen LogP contribution < -0.4 is 10.5 Å². The van der Waals surface area contributed by atoms with Crippen LogP contribution in [0.2, 0.25) is 0 Å². The average Bonchev–Trinajstić information content (AvgIpc) is 2.79. The highest BCUT2D eigenvalue weighted by molar-refractivity contribution is 7.17. The summed E-state index contributed by atoms with van der Waals surface area (Å²) in [6.07, 6.45) is 0. The van der Waals surface area contributed by atoms with E-state index < -0.39 is 0 Å². The third-order valence-electron chi connectivity index (χ3n) is 3.83. The number of aryl methyl sites for hydroxylation is 1. The van der Waals surface area contributed by atoms with E-state index in [9.17, 15) is 10.1 Å². The molecule has 0 amide bonds. The van der Waals surface area contributed by atoms with Crippen LogP contribution in [0.4, 0.5) is 5.69 Å². The number of piperazine rings is 1. The number of H-pyrrole nitrogens is 1. The number of hydrogen-bond acceptors (Lipinski definition) is 5. The van der Waals surface area contributed by atoms with Gasteiger partial charge in [-0.1, -0.05) is 0 Å². The van der Waals surface area contributed by atoms with E-state index in [-0.39, 0.29) is 11.1 Å². The number of aromatic nitrogens is 1. The first-order valence-corrected chi connectivity index (χ1v) is 7.47. The third-order valence-corrected chi connectivity index (χ3v) is 4.85. The summed E-state index contributed by atoms with van der Waals surface area (Å²) in [5.74, 6) is 0. The maximum absolute atomic E-state index is 12.1. The number of thiophene rings is 1. The second-order valence-electron chi connectivity index (χ2n) is 5.20. The van der Waals surface area contributed by atoms with Crippen molar-refractivity contribution in [3.05, 3.63) is 26.9 Å². The van der Waals surface area contributed by atoms with Gasteiger partial charge in [0.25, 0.3) is 5.56 Å². The van der Waals surface area contributed by atoms with Crippen molar-refractivity contribution < 1.29 is 0 Å². The van der Waals surface area contributed by atoms with Crippen LogP contribution in [0.25, 0.3) is 10.2 Å². The Labute approximate surface area is 121 Å². The molecule has 2 aromatic heterocycles. The molecule has 1 N–H and O–H groups in total. The molecule has 0 bridgehead atoms. The Kier molecular flexibility index (Phi) is 3.24. The number of anilines is 1. The summed E-state index contributed by atoms with van der Waals surface area (Å²) in [5.41, 5.74) is 1.89. The number of pyridine rings is 1. The molecule has 3 heterocycles. The predicted molar refractivity (Wildman–Crippen MR) is 81.6 cm³/mol. The summed E-state index contributed by atoms with van der Waals surface area (Å²) in [4.78, 5) is 20.2. The summed E-state index contributed by atoms with van der Waals surface area (Å²) in [5, 5.41) is 12.4. The molecule has 6 heteroatoms. The Morgan fingerprint density at radius 3 is 2.70 bits per heavy atom. The lowest BCUT2D eigenvalue weighted by Gasteiger charge is -2.34. The zero-order chi connectivity index (χ0) is 14.3. The van der Waals surface area contributed by atoms with Crippen LogP contribution in [0.3, 0.4) is 0 Å². The highest BCUT2D eigenvalue weighted by atomic mass is 32.1. The molecule has 20 heavy (non-hydrogen) atoms. The molecule has 1 aliphatic heterocycles. The van der Waals surface area contributed by atoms with Gasteiger partial charge in [0.05, 0.1) is 5.69 Å². The van der Waals surface area contributed by atoms with Crippen molar-refractivity contribution >= 4 is 27.2 Å². The Bertz CT molecular complexity index is 747. The molecule has 0 spiro atoms. The van der Waals surface area contributed by atoms with Gasteiger partial charge in [0.2, 0.25) is 0 Å². The molecule has 104 valence electrons. The van der Waals surface area contributed by atoms with Gasteiger partial charge in [-0.3, -0.25) is 4.79 Å². The molecule has 0 aromatic carbocycles. The van der Waals surface area contributed by atoms with Crippen LogP contribution in [0.1, 0.15) is 11.1 Å². The van der Waals surface area contributed by atoms with Gasteiger partial charge in [-0.25, -0.2) is 0 Å². The van der Waals surface area contributed by atoms with E-state index in [1.807, 2.05) is 12.3 Å². The number of rotatable bonds is 1. The lowest BCUT2D eigenvalue weighted by molar-refractivity contribution is 0.313. The van der Waals surface area contributed by atoms with E-state index in [4.69, 9.17) is 0 Å². The van der Waals surface area contributed by atoms with Crippen molar-refractivity contribution in [2.75, 3.05) is 38.1 Å². The molecule has 3 rings (SSSR count). The SMILES string of the molecule is Cc1csc2[nH]c(=O)c(C#N)c(N3CCN(C)CC3)c12. The van der Waals surface area contributed by atoms with Gasteiger partial charge in [-0.05, 0) is 24.9 Å². The molecule has 1 saturated heterocycles. The number of nitrogens with zero attached hydrogens (tertiary/aromatic N) is 3. The second-order valence-corrected chi connectivity index (χ2v) is 6.08. The second kappa shape index (κ2) is 4.93. The normalized spacial score (nSPS) is 16.6. The van der Waals surface area contributed by atoms with E-state index in [1.165, 1.54) is 11.3 Å². The molecule has 2 aromatic rings. The average molecular weight is 288 g/mol. The van der Waals surface area contributed by atoms with Gasteiger partial charge in [-0.15, -0.1) is 11.3 Å². The fourth-order valence-corrected chi connectivity index (χ4v) is 3.62. The zero-order valence-corrected chi connectivity index (χ0v) is 12.4. The number of aromatic amines is 1. The minimum absolute atomic E-state index is 0.239. The van der Waals surface area contributed by atoms with E-state index >= 15 is 0 Å². The highest BCUT2D eigenvalue weighted by Crippen LogP contribution is 2.34. The van der Waals surface area contributed by atoms with Gasteiger partial charge < -0.3 is 14.8 Å². The van der Waals surface area contributed by atoms with Crippen molar-refractivity contribution in [1.29, 1.82) is 5.26 Å². The summed E-state index contributed by atoms with van der Waals surface area (Å²) in [6, 6.07) is 2.09. The molecule has 0 atom stereocenters. The van der Waals surface area contributed by atoms with Crippen LogP contribution in [0.15, 0.2) is 10.2 Å². The molecule has 1 aliphatic rings. The highest BCUT2D eigenvalue weighted by Gasteiger charge is 2.23. The van der Waals surface area contributed by atoms with E-state index in [0.717, 1.165) is 47.6 Å². The van der Waals surface area contributed by atoms with Crippen LogP contribution in [0, 0.1) is 18.3 Å². The Balaban J connectivity index is 2.24. The number of nitrogens with one attached hydrogen (secondary N) is 1. The Morgan fingerprint density at radius 1 is 1.35 bits per heavy atom. The van der Waals surface area contributed by atoms with E-state index in [2.05, 4.69) is 27.9 Å². The summed E-state index contributed by atoms with van der Waals surface area (Å²) in [6.45, 7) is 5.61. The number of hydrogen-bond donors (Lipinski definition) is 1. The van der Waals surface area contributed by atoms with E-state index in [1.54, 1.807) is 0 Å². The van der Waals surface area contributed by atoms with Crippen molar-refractivity contribution in [2.24, 2.45) is 0 Å². The monoisotopic (exact) mass is 288 g/mol. The summed E-state index contributed by atoms with van der Waals surface area (Å²) in [7, 11) is 2.09. The lowest BCUT2D eigenvalue weighted by Crippen LogP contribution is -2.45. The quantitative estimate of drug-likeness (QED) is 0.864. The summed E-state index contributed by atoms with van der Waals surface area (Å²) < 4.78 is 0. The number of fused-ring (bicyclic) bond motifs is 1. The van der Waals surface area contributed by atoms with E-state index in [0.29, 0.717) is 0 Å². The predicted octanol–water partition coefficient (Wildman–Crippen LogP) is 1.52. The van der Waals surface area contributed by atoms with Gasteiger partial charge in [0.15, 0.2) is 0 Å². The molecule has 5 nitrogen and oxygen atoms in total. The number of likely N-dealkylation sites (N-methyl/N-ethyl adjacent to an activating group) is 1. The van der Waals surface area contributed by atoms with Gasteiger partial charge in [0.1, 0.15) is 16.5 Å². The standard InChI is InChI=1S/C14H16N4OS/c1-9-8-20-14-11(9)12(10(7-15)13(19)16-14)18-5-3-17(2)4-6-18/h8H,3-6H2,1-2H3,(H,16,19). The third kappa shape index (κ3) is 1.99. The molecule has 0 unspecified atom stereocenters. The number of nitriles is 1. The van der Waals surface area contributed by atoms with Crippen LogP contribution in [-0.2, 0) is 0 Å². The summed E-state index contributed by atoms with van der Waals surface area (Å²) >= 11 is 1.52. The molecular formula is C14H16N4OS. The first kappa shape index (κ1) is 13.2. The van der Waals surface area contributed by atoms with Gasteiger partial charge in [0, 0.05) is 31.6 Å². The van der Waals surface area contributed by atoms with Crippen molar-refractivity contribution in [3.8, 4) is 6.07 Å². The minimum atomic E-state index is -0.282. The lowest BCUT2D eigenvalue weighted by atomic mass is 10.1. The first-order chi connectivity index (χ1) is 9.61. The Hall–Kier alpha value is -1.84. The van der Waals surface area contributed by atoms with Crippen LogP contribution >= 0.6 is 11.3 Å². The first-order valence-electron chi connectivity index (χ1n) is 6.59. The fourth-order valence-electron chi connectivity index (χ4n) is 2.68.